The van der Waals surface area contributed by atoms with Crippen LogP contribution in [-0.4, -0.2) is 11.7 Å². The van der Waals surface area contributed by atoms with E-state index < -0.39 is 0 Å². The minimum atomic E-state index is -0.175. The monoisotopic (exact) mass is 348 g/mol. The molecule has 3 heteroatoms. The molecule has 1 aliphatic heterocycles. The van der Waals surface area contributed by atoms with E-state index in [2.05, 4.69) is 40.6 Å². The lowest BCUT2D eigenvalue weighted by Crippen LogP contribution is -2.24. The summed E-state index contributed by atoms with van der Waals surface area (Å²) in [5, 5.41) is 7.51. The van der Waals surface area contributed by atoms with E-state index >= 15 is 0 Å². The zero-order valence-electron chi connectivity index (χ0n) is 14.5. The Labute approximate surface area is 156 Å². The standard InChI is InChI=1S/C24H16N2O/c27-24-22(25-23(26-24)16-8-2-1-3-9-16)15-18-14-17-10-4-5-11-19(17)21-13-7-6-12-20(18)21/h1-15H,(H,25,26,27)/b22-15-. The van der Waals surface area contributed by atoms with Crippen molar-refractivity contribution in [2.75, 3.05) is 0 Å². The van der Waals surface area contributed by atoms with Gasteiger partial charge < -0.3 is 5.32 Å². The van der Waals surface area contributed by atoms with Crippen molar-refractivity contribution in [2.24, 2.45) is 4.99 Å². The molecule has 4 aromatic rings. The molecule has 27 heavy (non-hydrogen) atoms. The molecule has 1 aliphatic rings. The summed E-state index contributed by atoms with van der Waals surface area (Å²) in [5.41, 5.74) is 2.32. The van der Waals surface area contributed by atoms with Crippen molar-refractivity contribution in [3.63, 3.8) is 0 Å². The minimum Gasteiger partial charge on any atom is -0.305 e. The highest BCUT2D eigenvalue weighted by molar-refractivity contribution is 6.20. The van der Waals surface area contributed by atoms with Crippen LogP contribution in [0.25, 0.3) is 27.6 Å². The number of aliphatic imine (C=N–C) groups is 1. The molecule has 0 aliphatic carbocycles. The summed E-state index contributed by atoms with van der Waals surface area (Å²) in [5.74, 6) is 0.419. The summed E-state index contributed by atoms with van der Waals surface area (Å²) in [7, 11) is 0. The average Bonchev–Trinajstić information content (AvgIpc) is 3.09. The van der Waals surface area contributed by atoms with Gasteiger partial charge in [0, 0.05) is 5.56 Å². The molecular formula is C24H16N2O. The Bertz CT molecular complexity index is 1250. The predicted molar refractivity (Wildman–Crippen MR) is 111 cm³/mol. The van der Waals surface area contributed by atoms with Gasteiger partial charge in [-0.05, 0) is 39.3 Å². The lowest BCUT2D eigenvalue weighted by Gasteiger charge is -2.08. The molecule has 0 aromatic heterocycles. The van der Waals surface area contributed by atoms with Gasteiger partial charge >= 0.3 is 0 Å². The van der Waals surface area contributed by atoms with Gasteiger partial charge in [0.05, 0.1) is 0 Å². The number of rotatable bonds is 2. The Morgan fingerprint density at radius 1 is 0.741 bits per heavy atom. The molecule has 0 fully saturated rings. The molecule has 1 heterocycles. The van der Waals surface area contributed by atoms with Gasteiger partial charge in [-0.1, -0.05) is 78.9 Å². The van der Waals surface area contributed by atoms with E-state index in [4.69, 9.17) is 0 Å². The molecule has 0 spiro atoms. The Morgan fingerprint density at radius 3 is 2.22 bits per heavy atom. The number of fused-ring (bicyclic) bond motifs is 3. The van der Waals surface area contributed by atoms with Crippen LogP contribution >= 0.6 is 0 Å². The lowest BCUT2D eigenvalue weighted by atomic mass is 9.97. The highest BCUT2D eigenvalue weighted by atomic mass is 16.2. The van der Waals surface area contributed by atoms with E-state index in [0.29, 0.717) is 11.5 Å². The third-order valence-corrected chi connectivity index (χ3v) is 4.84. The maximum atomic E-state index is 12.5. The first-order valence-corrected chi connectivity index (χ1v) is 8.87. The quantitative estimate of drug-likeness (QED) is 0.406. The van der Waals surface area contributed by atoms with E-state index in [1.807, 2.05) is 60.7 Å². The summed E-state index contributed by atoms with van der Waals surface area (Å²) in [6, 6.07) is 28.4. The summed E-state index contributed by atoms with van der Waals surface area (Å²) in [4.78, 5) is 17.0. The fourth-order valence-corrected chi connectivity index (χ4v) is 3.55. The summed E-state index contributed by atoms with van der Waals surface area (Å²) in [6.45, 7) is 0. The second kappa shape index (κ2) is 6.22. The molecule has 128 valence electrons. The number of nitrogens with one attached hydrogen (secondary N) is 1. The zero-order chi connectivity index (χ0) is 18.2. The highest BCUT2D eigenvalue weighted by Gasteiger charge is 2.21. The van der Waals surface area contributed by atoms with Gasteiger partial charge in [0.2, 0.25) is 0 Å². The highest BCUT2D eigenvalue weighted by Crippen LogP contribution is 2.30. The molecule has 0 saturated heterocycles. The van der Waals surface area contributed by atoms with E-state index in [1.165, 1.54) is 10.8 Å². The SMILES string of the molecule is O=C1NC(c2ccccc2)=N/C1=C\c1cc2ccccc2c2ccccc12. The predicted octanol–water partition coefficient (Wildman–Crippen LogP) is 4.91. The smallest absolute Gasteiger partial charge is 0.275 e. The van der Waals surface area contributed by atoms with Crippen molar-refractivity contribution >= 4 is 39.4 Å². The fraction of sp³-hybridized carbons (Fsp3) is 0. The van der Waals surface area contributed by atoms with Crippen LogP contribution in [0.4, 0.5) is 0 Å². The summed E-state index contributed by atoms with van der Waals surface area (Å²) >= 11 is 0. The second-order valence-corrected chi connectivity index (χ2v) is 6.54. The first-order valence-electron chi connectivity index (χ1n) is 8.87. The molecule has 0 bridgehead atoms. The van der Waals surface area contributed by atoms with Gasteiger partial charge in [0.25, 0.3) is 5.91 Å². The minimum absolute atomic E-state index is 0.175. The molecule has 0 saturated carbocycles. The van der Waals surface area contributed by atoms with Crippen LogP contribution in [-0.2, 0) is 4.79 Å². The van der Waals surface area contributed by atoms with Crippen molar-refractivity contribution in [1.29, 1.82) is 0 Å². The van der Waals surface area contributed by atoms with Crippen LogP contribution in [0.5, 0.6) is 0 Å². The normalized spacial score (nSPS) is 15.3. The first kappa shape index (κ1) is 15.5. The molecule has 0 radical (unpaired) electrons. The number of carbonyl (C=O) groups is 1. The Hall–Kier alpha value is -3.72. The molecule has 3 nitrogen and oxygen atoms in total. The molecule has 1 amide bonds. The van der Waals surface area contributed by atoms with Crippen molar-refractivity contribution in [3.05, 3.63) is 102 Å². The Kier molecular flexibility index (Phi) is 3.58. The van der Waals surface area contributed by atoms with Gasteiger partial charge in [0.15, 0.2) is 0 Å². The van der Waals surface area contributed by atoms with Crippen LogP contribution in [0.15, 0.2) is 95.6 Å². The van der Waals surface area contributed by atoms with Gasteiger partial charge in [-0.15, -0.1) is 0 Å². The maximum Gasteiger partial charge on any atom is 0.275 e. The molecule has 1 N–H and O–H groups in total. The van der Waals surface area contributed by atoms with Crippen molar-refractivity contribution in [1.82, 2.24) is 5.32 Å². The Morgan fingerprint density at radius 2 is 1.41 bits per heavy atom. The summed E-state index contributed by atoms with van der Waals surface area (Å²) < 4.78 is 0. The first-order chi connectivity index (χ1) is 13.3. The number of amides is 1. The number of hydrogen-bond acceptors (Lipinski definition) is 2. The molecular weight excluding hydrogens is 332 g/mol. The lowest BCUT2D eigenvalue weighted by molar-refractivity contribution is -0.115. The number of amidine groups is 1. The van der Waals surface area contributed by atoms with Gasteiger partial charge in [-0.3, -0.25) is 4.79 Å². The third-order valence-electron chi connectivity index (χ3n) is 4.84. The van der Waals surface area contributed by atoms with Crippen molar-refractivity contribution in [3.8, 4) is 0 Å². The second-order valence-electron chi connectivity index (χ2n) is 6.54. The number of nitrogens with zero attached hydrogens (tertiary/aromatic N) is 1. The Balaban J connectivity index is 1.69. The van der Waals surface area contributed by atoms with Crippen LogP contribution in [0.2, 0.25) is 0 Å². The fourth-order valence-electron chi connectivity index (χ4n) is 3.55. The topological polar surface area (TPSA) is 41.5 Å². The van der Waals surface area contributed by atoms with Crippen molar-refractivity contribution < 1.29 is 4.79 Å². The van der Waals surface area contributed by atoms with Crippen LogP contribution < -0.4 is 5.32 Å². The number of carbonyl (C=O) groups excluding carboxylic acids is 1. The molecule has 0 unspecified atom stereocenters. The number of hydrogen-bond donors (Lipinski definition) is 1. The molecule has 4 aromatic carbocycles. The zero-order valence-corrected chi connectivity index (χ0v) is 14.5. The third kappa shape index (κ3) is 2.70. The van der Waals surface area contributed by atoms with E-state index in [9.17, 15) is 4.79 Å². The number of benzene rings is 4. The van der Waals surface area contributed by atoms with E-state index in [-0.39, 0.29) is 5.91 Å². The van der Waals surface area contributed by atoms with Crippen LogP contribution in [0.1, 0.15) is 11.1 Å². The van der Waals surface area contributed by atoms with Gasteiger partial charge in [0.1, 0.15) is 11.5 Å². The van der Waals surface area contributed by atoms with Crippen LogP contribution in [0.3, 0.4) is 0 Å². The largest absolute Gasteiger partial charge is 0.305 e. The van der Waals surface area contributed by atoms with E-state index in [1.54, 1.807) is 0 Å². The average molecular weight is 348 g/mol. The van der Waals surface area contributed by atoms with Gasteiger partial charge in [-0.2, -0.15) is 0 Å². The van der Waals surface area contributed by atoms with Crippen molar-refractivity contribution in [2.45, 2.75) is 0 Å². The summed E-state index contributed by atoms with van der Waals surface area (Å²) in [6.07, 6.45) is 1.88. The van der Waals surface area contributed by atoms with Gasteiger partial charge in [-0.25, -0.2) is 4.99 Å². The van der Waals surface area contributed by atoms with Crippen LogP contribution in [0, 0.1) is 0 Å². The molecule has 5 rings (SSSR count). The maximum absolute atomic E-state index is 12.5. The molecule has 0 atom stereocenters. The van der Waals surface area contributed by atoms with E-state index in [0.717, 1.165) is 21.9 Å².